The molecule has 2 nitrogen and oxygen atoms in total. The molecule has 3 heteroatoms. The first kappa shape index (κ1) is 11.7. The lowest BCUT2D eigenvalue weighted by Gasteiger charge is -2.00. The van der Waals surface area contributed by atoms with E-state index in [-0.39, 0.29) is 0 Å². The zero-order valence-corrected chi connectivity index (χ0v) is 10.4. The minimum atomic E-state index is 0.554. The second-order valence-corrected chi connectivity index (χ2v) is 5.01. The normalized spacial score (nSPS) is 11.2. The predicted molar refractivity (Wildman–Crippen MR) is 62.9 cm³/mol. The van der Waals surface area contributed by atoms with Crippen LogP contribution in [-0.4, -0.2) is 11.5 Å². The third kappa shape index (κ3) is 3.07. The number of aryl methyl sites for hydroxylation is 1. The van der Waals surface area contributed by atoms with Gasteiger partial charge in [0.25, 0.3) is 0 Å². The number of rotatable bonds is 5. The number of aromatic nitrogens is 1. The number of nitrogens with one attached hydrogen (secondary N) is 1. The van der Waals surface area contributed by atoms with E-state index in [1.54, 1.807) is 0 Å². The summed E-state index contributed by atoms with van der Waals surface area (Å²) in [5.74, 6) is 0.554. The van der Waals surface area contributed by atoms with Gasteiger partial charge in [0.2, 0.25) is 0 Å². The molecule has 1 heterocycles. The summed E-state index contributed by atoms with van der Waals surface area (Å²) in [4.78, 5) is 5.96. The molecule has 0 aliphatic carbocycles. The average Bonchev–Trinajstić information content (AvgIpc) is 2.49. The molecule has 1 aromatic heterocycles. The fourth-order valence-corrected chi connectivity index (χ4v) is 2.28. The van der Waals surface area contributed by atoms with Gasteiger partial charge in [0.05, 0.1) is 10.7 Å². The first-order valence-electron chi connectivity index (χ1n) is 5.32. The summed E-state index contributed by atoms with van der Waals surface area (Å²) in [5, 5.41) is 4.67. The largest absolute Gasteiger partial charge is 0.312 e. The van der Waals surface area contributed by atoms with Crippen molar-refractivity contribution < 1.29 is 0 Å². The Bertz CT molecular complexity index is 279. The molecule has 0 amide bonds. The average molecular weight is 212 g/mol. The monoisotopic (exact) mass is 212 g/mol. The van der Waals surface area contributed by atoms with E-state index in [4.69, 9.17) is 0 Å². The lowest BCUT2D eigenvalue weighted by molar-refractivity contribution is 0.678. The fraction of sp³-hybridized carbons (Fsp3) is 0.727. The summed E-state index contributed by atoms with van der Waals surface area (Å²) in [6.45, 7) is 10.7. The summed E-state index contributed by atoms with van der Waals surface area (Å²) in [6, 6.07) is 0. The Kier molecular flexibility index (Phi) is 4.55. The van der Waals surface area contributed by atoms with Crippen LogP contribution in [0.3, 0.4) is 0 Å². The van der Waals surface area contributed by atoms with Crippen molar-refractivity contribution in [2.75, 3.05) is 6.54 Å². The van der Waals surface area contributed by atoms with Crippen LogP contribution in [0.1, 0.15) is 48.7 Å². The van der Waals surface area contributed by atoms with Crippen LogP contribution < -0.4 is 5.32 Å². The first-order chi connectivity index (χ1) is 6.65. The Balaban J connectivity index is 2.58. The highest BCUT2D eigenvalue weighted by Crippen LogP contribution is 2.24. The highest BCUT2D eigenvalue weighted by Gasteiger charge is 2.09. The smallest absolute Gasteiger partial charge is 0.0956 e. The molecule has 0 atom stereocenters. The third-order valence-electron chi connectivity index (χ3n) is 2.12. The molecular formula is C11H20N2S. The molecule has 0 saturated carbocycles. The maximum Gasteiger partial charge on any atom is 0.0956 e. The van der Waals surface area contributed by atoms with E-state index in [1.807, 2.05) is 11.3 Å². The van der Waals surface area contributed by atoms with E-state index in [0.717, 1.165) is 13.1 Å². The molecule has 0 aromatic carbocycles. The molecule has 0 saturated heterocycles. The van der Waals surface area contributed by atoms with Crippen molar-refractivity contribution in [2.45, 2.75) is 46.6 Å². The Morgan fingerprint density at radius 2 is 2.14 bits per heavy atom. The van der Waals surface area contributed by atoms with Crippen LogP contribution in [0.15, 0.2) is 0 Å². The van der Waals surface area contributed by atoms with Crippen molar-refractivity contribution in [3.8, 4) is 0 Å². The zero-order valence-electron chi connectivity index (χ0n) is 9.55. The van der Waals surface area contributed by atoms with Gasteiger partial charge >= 0.3 is 0 Å². The molecule has 80 valence electrons. The van der Waals surface area contributed by atoms with E-state index in [1.165, 1.54) is 22.0 Å². The second kappa shape index (κ2) is 5.47. The van der Waals surface area contributed by atoms with Crippen LogP contribution in [0.4, 0.5) is 0 Å². The van der Waals surface area contributed by atoms with Crippen molar-refractivity contribution in [2.24, 2.45) is 0 Å². The lowest BCUT2D eigenvalue weighted by atomic mass is 10.2. The first-order valence-corrected chi connectivity index (χ1v) is 6.13. The standard InChI is InChI=1S/C11H20N2S/c1-5-6-12-7-10-9(4)13-11(14-10)8(2)3/h8,12H,5-7H2,1-4H3. The van der Waals surface area contributed by atoms with Crippen molar-refractivity contribution in [1.82, 2.24) is 10.3 Å². The quantitative estimate of drug-likeness (QED) is 0.759. The summed E-state index contributed by atoms with van der Waals surface area (Å²) < 4.78 is 0. The molecule has 0 bridgehead atoms. The van der Waals surface area contributed by atoms with Crippen LogP contribution in [0, 0.1) is 6.92 Å². The van der Waals surface area contributed by atoms with Crippen molar-refractivity contribution in [1.29, 1.82) is 0 Å². The highest BCUT2D eigenvalue weighted by atomic mass is 32.1. The molecule has 0 spiro atoms. The highest BCUT2D eigenvalue weighted by molar-refractivity contribution is 7.11. The molecule has 0 fully saturated rings. The van der Waals surface area contributed by atoms with Crippen LogP contribution in [0.2, 0.25) is 0 Å². The molecule has 1 rings (SSSR count). The second-order valence-electron chi connectivity index (χ2n) is 3.89. The number of hydrogen-bond acceptors (Lipinski definition) is 3. The molecular weight excluding hydrogens is 192 g/mol. The number of thiazole rings is 1. The molecule has 14 heavy (non-hydrogen) atoms. The van der Waals surface area contributed by atoms with E-state index < -0.39 is 0 Å². The van der Waals surface area contributed by atoms with Crippen molar-refractivity contribution >= 4 is 11.3 Å². The lowest BCUT2D eigenvalue weighted by Crippen LogP contribution is -2.13. The van der Waals surface area contributed by atoms with Crippen molar-refractivity contribution in [3.05, 3.63) is 15.6 Å². The van der Waals surface area contributed by atoms with E-state index in [0.29, 0.717) is 5.92 Å². The maximum atomic E-state index is 4.57. The van der Waals surface area contributed by atoms with Gasteiger partial charge in [-0.05, 0) is 19.9 Å². The summed E-state index contributed by atoms with van der Waals surface area (Å²) in [5.41, 5.74) is 1.20. The molecule has 0 unspecified atom stereocenters. The van der Waals surface area contributed by atoms with Crippen LogP contribution >= 0.6 is 11.3 Å². The van der Waals surface area contributed by atoms with Gasteiger partial charge in [-0.1, -0.05) is 20.8 Å². The van der Waals surface area contributed by atoms with Gasteiger partial charge in [0, 0.05) is 17.3 Å². The Hall–Kier alpha value is -0.410. The van der Waals surface area contributed by atoms with Gasteiger partial charge in [-0.25, -0.2) is 4.98 Å². The van der Waals surface area contributed by atoms with E-state index in [9.17, 15) is 0 Å². The SMILES string of the molecule is CCCNCc1sc(C(C)C)nc1C. The minimum Gasteiger partial charge on any atom is -0.312 e. The van der Waals surface area contributed by atoms with Gasteiger partial charge in [0.1, 0.15) is 0 Å². The summed E-state index contributed by atoms with van der Waals surface area (Å²) >= 11 is 1.84. The van der Waals surface area contributed by atoms with Crippen LogP contribution in [0.25, 0.3) is 0 Å². The summed E-state index contributed by atoms with van der Waals surface area (Å²) in [7, 11) is 0. The van der Waals surface area contributed by atoms with Crippen LogP contribution in [-0.2, 0) is 6.54 Å². The Labute approximate surface area is 90.8 Å². The summed E-state index contributed by atoms with van der Waals surface area (Å²) in [6.07, 6.45) is 1.19. The van der Waals surface area contributed by atoms with Gasteiger partial charge in [-0.2, -0.15) is 0 Å². The van der Waals surface area contributed by atoms with E-state index >= 15 is 0 Å². The molecule has 0 aliphatic heterocycles. The molecule has 1 N–H and O–H groups in total. The van der Waals surface area contributed by atoms with Gasteiger partial charge in [-0.15, -0.1) is 11.3 Å². The molecule has 0 aliphatic rings. The van der Waals surface area contributed by atoms with Gasteiger partial charge in [-0.3, -0.25) is 0 Å². The van der Waals surface area contributed by atoms with Gasteiger partial charge in [0.15, 0.2) is 0 Å². The minimum absolute atomic E-state index is 0.554. The zero-order chi connectivity index (χ0) is 10.6. The third-order valence-corrected chi connectivity index (χ3v) is 3.57. The molecule has 0 radical (unpaired) electrons. The van der Waals surface area contributed by atoms with E-state index in [2.05, 4.69) is 38.0 Å². The molecule has 1 aromatic rings. The Morgan fingerprint density at radius 3 is 2.64 bits per heavy atom. The Morgan fingerprint density at radius 1 is 1.43 bits per heavy atom. The van der Waals surface area contributed by atoms with Crippen LogP contribution in [0.5, 0.6) is 0 Å². The predicted octanol–water partition coefficient (Wildman–Crippen LogP) is 3.07. The number of hydrogen-bond donors (Lipinski definition) is 1. The maximum absolute atomic E-state index is 4.57. The number of nitrogens with zero attached hydrogens (tertiary/aromatic N) is 1. The topological polar surface area (TPSA) is 24.9 Å². The van der Waals surface area contributed by atoms with Gasteiger partial charge < -0.3 is 5.32 Å². The fourth-order valence-electron chi connectivity index (χ4n) is 1.24. The van der Waals surface area contributed by atoms with Crippen molar-refractivity contribution in [3.63, 3.8) is 0 Å².